The summed E-state index contributed by atoms with van der Waals surface area (Å²) in [5, 5.41) is 9.14. The van der Waals surface area contributed by atoms with Crippen LogP contribution in [0.2, 0.25) is 0 Å². The number of rotatable bonds is 7. The number of hydrogen-bond acceptors (Lipinski definition) is 8. The molecular weight excluding hydrogens is 396 g/mol. The molecule has 0 saturated carbocycles. The van der Waals surface area contributed by atoms with Gasteiger partial charge in [-0.1, -0.05) is 12.1 Å². The lowest BCUT2D eigenvalue weighted by molar-refractivity contribution is 0.122. The van der Waals surface area contributed by atoms with Crippen LogP contribution in [0.5, 0.6) is 0 Å². The predicted molar refractivity (Wildman–Crippen MR) is 107 cm³/mol. The first-order valence-electron chi connectivity index (χ1n) is 9.75. The topological polar surface area (TPSA) is 92.4 Å². The average Bonchev–Trinajstić information content (AvgIpc) is 3.18. The number of imidazole rings is 1. The Kier molecular flexibility index (Phi) is 6.00. The molecule has 3 aromatic rings. The van der Waals surface area contributed by atoms with Gasteiger partial charge in [0.05, 0.1) is 24.2 Å². The molecule has 1 aliphatic rings. The van der Waals surface area contributed by atoms with Crippen molar-refractivity contribution in [3.05, 3.63) is 30.1 Å². The first-order chi connectivity index (χ1) is 14.6. The minimum atomic E-state index is -2.79. The van der Waals surface area contributed by atoms with Crippen LogP contribution in [-0.2, 0) is 4.74 Å². The molecule has 1 saturated heterocycles. The normalized spacial score (nSPS) is 14.6. The van der Waals surface area contributed by atoms with Gasteiger partial charge in [-0.2, -0.15) is 15.0 Å². The molecule has 0 amide bonds. The molecule has 0 bridgehead atoms. The van der Waals surface area contributed by atoms with Crippen LogP contribution >= 0.6 is 0 Å². The zero-order chi connectivity index (χ0) is 21.1. The van der Waals surface area contributed by atoms with Gasteiger partial charge in [-0.25, -0.2) is 13.8 Å². The van der Waals surface area contributed by atoms with Gasteiger partial charge >= 0.3 is 0 Å². The van der Waals surface area contributed by atoms with Gasteiger partial charge < -0.3 is 19.6 Å². The van der Waals surface area contributed by atoms with Crippen LogP contribution in [0, 0.1) is 0 Å². The molecule has 11 heteroatoms. The van der Waals surface area contributed by atoms with Gasteiger partial charge in [-0.3, -0.25) is 4.57 Å². The summed E-state index contributed by atoms with van der Waals surface area (Å²) in [6, 6.07) is 6.89. The Labute approximate surface area is 172 Å². The molecule has 9 nitrogen and oxygen atoms in total. The number of halogens is 2. The smallest absolute Gasteiger partial charge is 0.296 e. The van der Waals surface area contributed by atoms with E-state index in [1.54, 1.807) is 36.2 Å². The highest BCUT2D eigenvalue weighted by Gasteiger charge is 2.24. The van der Waals surface area contributed by atoms with E-state index in [0.717, 1.165) is 0 Å². The van der Waals surface area contributed by atoms with Crippen molar-refractivity contribution in [2.24, 2.45) is 0 Å². The SMILES string of the molecule is CN(CCCO)c1nc(N2CCOCC2)nc(-n2c(C(F)F)nc3ccccc32)n1. The molecule has 0 aliphatic carbocycles. The van der Waals surface area contributed by atoms with Crippen molar-refractivity contribution < 1.29 is 18.6 Å². The van der Waals surface area contributed by atoms with E-state index in [4.69, 9.17) is 9.84 Å². The summed E-state index contributed by atoms with van der Waals surface area (Å²) < 4.78 is 34.3. The third-order valence-corrected chi connectivity index (χ3v) is 4.87. The van der Waals surface area contributed by atoms with E-state index in [1.165, 1.54) is 4.57 Å². The zero-order valence-electron chi connectivity index (χ0n) is 16.6. The average molecular weight is 419 g/mol. The minimum absolute atomic E-state index is 0.0281. The molecule has 2 aromatic heterocycles. The van der Waals surface area contributed by atoms with Crippen LogP contribution in [0.15, 0.2) is 24.3 Å². The number of para-hydroxylation sites is 2. The van der Waals surface area contributed by atoms with Gasteiger partial charge in [0, 0.05) is 33.3 Å². The van der Waals surface area contributed by atoms with Gasteiger partial charge in [0.15, 0.2) is 5.82 Å². The second-order valence-electron chi connectivity index (χ2n) is 6.93. The fourth-order valence-corrected chi connectivity index (χ4v) is 3.33. The summed E-state index contributed by atoms with van der Waals surface area (Å²) in [6.45, 7) is 2.79. The van der Waals surface area contributed by atoms with Crippen LogP contribution in [0.3, 0.4) is 0 Å². The molecule has 3 heterocycles. The van der Waals surface area contributed by atoms with Gasteiger partial charge in [0.2, 0.25) is 17.8 Å². The van der Waals surface area contributed by atoms with Gasteiger partial charge in [0.1, 0.15) is 0 Å². The summed E-state index contributed by atoms with van der Waals surface area (Å²) in [4.78, 5) is 21.3. The summed E-state index contributed by atoms with van der Waals surface area (Å²) in [7, 11) is 1.79. The highest BCUT2D eigenvalue weighted by Crippen LogP contribution is 2.28. The third-order valence-electron chi connectivity index (χ3n) is 4.87. The second kappa shape index (κ2) is 8.84. The molecule has 1 N–H and O–H groups in total. The standard InChI is InChI=1S/C19H23F2N7O2/c1-26(7-4-10-29)17-23-18(27-8-11-30-12-9-27)25-19(24-17)28-14-6-3-2-5-13(14)22-16(28)15(20)21/h2-3,5-6,15,29H,4,7-12H2,1H3. The largest absolute Gasteiger partial charge is 0.396 e. The van der Waals surface area contributed by atoms with Crippen LogP contribution in [-0.4, -0.2) is 76.1 Å². The maximum atomic E-state index is 13.8. The third kappa shape index (κ3) is 4.03. The Bertz CT molecular complexity index is 1010. The van der Waals surface area contributed by atoms with E-state index < -0.39 is 12.2 Å². The fourth-order valence-electron chi connectivity index (χ4n) is 3.33. The first kappa shape index (κ1) is 20.4. The molecule has 1 aliphatic heterocycles. The summed E-state index contributed by atoms with van der Waals surface area (Å²) >= 11 is 0. The number of nitrogens with zero attached hydrogens (tertiary/aromatic N) is 7. The molecule has 4 rings (SSSR count). The van der Waals surface area contributed by atoms with Crippen LogP contribution in [0.1, 0.15) is 18.7 Å². The van der Waals surface area contributed by atoms with E-state index in [9.17, 15) is 8.78 Å². The van der Waals surface area contributed by atoms with Gasteiger partial charge in [-0.05, 0) is 18.6 Å². The molecule has 0 unspecified atom stereocenters. The molecular formula is C19H23F2N7O2. The van der Waals surface area contributed by atoms with Crippen LogP contribution < -0.4 is 9.80 Å². The Morgan fingerprint density at radius 2 is 1.83 bits per heavy atom. The van der Waals surface area contributed by atoms with Crippen molar-refractivity contribution in [2.45, 2.75) is 12.8 Å². The molecule has 0 atom stereocenters. The van der Waals surface area contributed by atoms with Crippen molar-refractivity contribution in [3.8, 4) is 5.95 Å². The lowest BCUT2D eigenvalue weighted by Gasteiger charge is -2.28. The molecule has 160 valence electrons. The number of fused-ring (bicyclic) bond motifs is 1. The Morgan fingerprint density at radius 1 is 1.10 bits per heavy atom. The van der Waals surface area contributed by atoms with Crippen molar-refractivity contribution >= 4 is 22.9 Å². The van der Waals surface area contributed by atoms with E-state index >= 15 is 0 Å². The number of morpholine rings is 1. The zero-order valence-corrected chi connectivity index (χ0v) is 16.6. The van der Waals surface area contributed by atoms with Crippen LogP contribution in [0.25, 0.3) is 17.0 Å². The lowest BCUT2D eigenvalue weighted by atomic mass is 10.3. The highest BCUT2D eigenvalue weighted by atomic mass is 19.3. The number of aliphatic hydroxyl groups excluding tert-OH is 1. The summed E-state index contributed by atoms with van der Waals surface area (Å²) in [5.74, 6) is 0.403. The van der Waals surface area contributed by atoms with E-state index in [-0.39, 0.29) is 12.6 Å². The van der Waals surface area contributed by atoms with Crippen molar-refractivity contribution in [2.75, 3.05) is 56.3 Å². The maximum absolute atomic E-state index is 13.8. The fraction of sp³-hybridized carbons (Fsp3) is 0.474. The predicted octanol–water partition coefficient (Wildman–Crippen LogP) is 1.80. The summed E-state index contributed by atoms with van der Waals surface area (Å²) in [6.07, 6.45) is -2.27. The van der Waals surface area contributed by atoms with Crippen molar-refractivity contribution in [1.82, 2.24) is 24.5 Å². The Hall–Kier alpha value is -2.92. The maximum Gasteiger partial charge on any atom is 0.296 e. The number of hydrogen-bond donors (Lipinski definition) is 1. The molecule has 0 spiro atoms. The highest BCUT2D eigenvalue weighted by molar-refractivity contribution is 5.77. The number of ether oxygens (including phenoxy) is 1. The van der Waals surface area contributed by atoms with Crippen LogP contribution in [0.4, 0.5) is 20.7 Å². The molecule has 30 heavy (non-hydrogen) atoms. The molecule has 1 fully saturated rings. The number of alkyl halides is 2. The Morgan fingerprint density at radius 3 is 2.57 bits per heavy atom. The van der Waals surface area contributed by atoms with E-state index in [2.05, 4.69) is 19.9 Å². The second-order valence-corrected chi connectivity index (χ2v) is 6.93. The minimum Gasteiger partial charge on any atom is -0.396 e. The number of aromatic nitrogens is 5. The number of aliphatic hydroxyl groups is 1. The monoisotopic (exact) mass is 419 g/mol. The van der Waals surface area contributed by atoms with Gasteiger partial charge in [-0.15, -0.1) is 0 Å². The lowest BCUT2D eigenvalue weighted by Crippen LogP contribution is -2.38. The van der Waals surface area contributed by atoms with E-state index in [0.29, 0.717) is 62.2 Å². The molecule has 1 aromatic carbocycles. The van der Waals surface area contributed by atoms with Crippen molar-refractivity contribution in [3.63, 3.8) is 0 Å². The summed E-state index contributed by atoms with van der Waals surface area (Å²) in [5.41, 5.74) is 0.937. The number of benzene rings is 1. The van der Waals surface area contributed by atoms with Gasteiger partial charge in [0.25, 0.3) is 6.43 Å². The quantitative estimate of drug-likeness (QED) is 0.620. The van der Waals surface area contributed by atoms with E-state index in [1.807, 2.05) is 4.90 Å². The Balaban J connectivity index is 1.86. The molecule has 0 radical (unpaired) electrons. The first-order valence-corrected chi connectivity index (χ1v) is 9.75. The number of anilines is 2. The van der Waals surface area contributed by atoms with Crippen molar-refractivity contribution in [1.29, 1.82) is 0 Å².